The largest absolute Gasteiger partial charge is 0.415 e. The highest BCUT2D eigenvalue weighted by molar-refractivity contribution is 7.08. The van der Waals surface area contributed by atoms with Gasteiger partial charge in [-0.3, -0.25) is 4.79 Å². The molecule has 0 aromatic carbocycles. The Bertz CT molecular complexity index is 345. The molecule has 0 saturated heterocycles. The second kappa shape index (κ2) is 3.82. The van der Waals surface area contributed by atoms with Gasteiger partial charge in [-0.15, -0.1) is 0 Å². The lowest BCUT2D eigenvalue weighted by Gasteiger charge is -2.25. The number of hydrogen-bond acceptors (Lipinski definition) is 3. The molecule has 1 heterocycles. The number of carbonyl (C=O) groups is 1. The molecule has 0 bridgehead atoms. The molecule has 1 aromatic heterocycles. The first-order valence-corrected chi connectivity index (χ1v) is 4.88. The summed E-state index contributed by atoms with van der Waals surface area (Å²) >= 11 is 1.26. The van der Waals surface area contributed by atoms with Gasteiger partial charge < -0.3 is 11.1 Å². The Hall–Kier alpha value is -1.08. The maximum atomic E-state index is 12.3. The second-order valence-electron chi connectivity index (χ2n) is 3.17. The molecule has 7 heteroatoms. The molecule has 3 N–H and O–H groups in total. The number of amides is 1. The van der Waals surface area contributed by atoms with Crippen molar-refractivity contribution >= 4 is 22.9 Å². The maximum absolute atomic E-state index is 12.3. The van der Waals surface area contributed by atoms with Gasteiger partial charge in [0.1, 0.15) is 0 Å². The van der Waals surface area contributed by atoms with E-state index in [2.05, 4.69) is 5.32 Å². The molecular weight excluding hydrogens is 229 g/mol. The first kappa shape index (κ1) is 12.0. The Morgan fingerprint density at radius 1 is 1.53 bits per heavy atom. The molecule has 0 radical (unpaired) electrons. The summed E-state index contributed by atoms with van der Waals surface area (Å²) < 4.78 is 37.0. The molecule has 0 fully saturated rings. The van der Waals surface area contributed by atoms with Crippen molar-refractivity contribution in [1.29, 1.82) is 0 Å². The molecular formula is C8H9F3N2OS. The molecule has 0 aliphatic carbocycles. The van der Waals surface area contributed by atoms with Gasteiger partial charge in [-0.05, 0) is 18.4 Å². The topological polar surface area (TPSA) is 55.1 Å². The molecule has 0 spiro atoms. The summed E-state index contributed by atoms with van der Waals surface area (Å²) in [5.41, 5.74) is 2.35. The van der Waals surface area contributed by atoms with E-state index in [4.69, 9.17) is 5.73 Å². The Balaban J connectivity index is 2.77. The Kier molecular flexibility index (Phi) is 3.05. The Morgan fingerprint density at radius 2 is 2.13 bits per heavy atom. The highest BCUT2D eigenvalue weighted by atomic mass is 32.1. The number of nitrogens with one attached hydrogen (secondary N) is 1. The van der Waals surface area contributed by atoms with Crippen molar-refractivity contribution in [1.82, 2.24) is 0 Å². The molecule has 1 unspecified atom stereocenters. The van der Waals surface area contributed by atoms with Crippen LogP contribution in [-0.2, 0) is 4.79 Å². The van der Waals surface area contributed by atoms with Crippen molar-refractivity contribution in [3.63, 3.8) is 0 Å². The summed E-state index contributed by atoms with van der Waals surface area (Å²) in [4.78, 5) is 11.2. The molecule has 15 heavy (non-hydrogen) atoms. The quantitative estimate of drug-likeness (QED) is 0.827. The van der Waals surface area contributed by atoms with Crippen LogP contribution < -0.4 is 11.1 Å². The third-order valence-electron chi connectivity index (χ3n) is 1.84. The van der Waals surface area contributed by atoms with E-state index < -0.39 is 17.6 Å². The van der Waals surface area contributed by atoms with Crippen LogP contribution in [0.5, 0.6) is 0 Å². The van der Waals surface area contributed by atoms with E-state index in [1.807, 2.05) is 0 Å². The second-order valence-corrected chi connectivity index (χ2v) is 3.95. The van der Waals surface area contributed by atoms with Crippen LogP contribution in [0.1, 0.15) is 6.92 Å². The molecule has 84 valence electrons. The molecule has 3 nitrogen and oxygen atoms in total. The zero-order chi connectivity index (χ0) is 11.7. The zero-order valence-corrected chi connectivity index (χ0v) is 8.58. The minimum absolute atomic E-state index is 0.311. The van der Waals surface area contributed by atoms with Crippen LogP contribution in [0.2, 0.25) is 0 Å². The van der Waals surface area contributed by atoms with Gasteiger partial charge in [-0.1, -0.05) is 0 Å². The lowest BCUT2D eigenvalue weighted by atomic mass is 10.0. The van der Waals surface area contributed by atoms with Crippen molar-refractivity contribution in [2.24, 2.45) is 5.73 Å². The molecule has 0 aliphatic rings. The third kappa shape index (κ3) is 2.48. The lowest BCUT2D eigenvalue weighted by Crippen LogP contribution is -2.59. The van der Waals surface area contributed by atoms with Gasteiger partial charge in [0.2, 0.25) is 0 Å². The molecule has 1 aromatic rings. The summed E-state index contributed by atoms with van der Waals surface area (Å²) in [6.07, 6.45) is -4.77. The molecule has 0 aliphatic heterocycles. The van der Waals surface area contributed by atoms with Crippen molar-refractivity contribution in [3.8, 4) is 0 Å². The average molecular weight is 238 g/mol. The minimum Gasteiger partial charge on any atom is -0.323 e. The Labute approximate surface area is 88.1 Å². The van der Waals surface area contributed by atoms with E-state index in [9.17, 15) is 18.0 Å². The minimum atomic E-state index is -4.77. The zero-order valence-electron chi connectivity index (χ0n) is 7.76. The number of thiophene rings is 1. The predicted octanol–water partition coefficient (Wildman–Crippen LogP) is 1.97. The van der Waals surface area contributed by atoms with Gasteiger partial charge in [0.15, 0.2) is 5.54 Å². The summed E-state index contributed by atoms with van der Waals surface area (Å²) in [7, 11) is 0. The van der Waals surface area contributed by atoms with E-state index in [1.54, 1.807) is 5.38 Å². The number of carbonyl (C=O) groups excluding carboxylic acids is 1. The highest BCUT2D eigenvalue weighted by Crippen LogP contribution is 2.29. The van der Waals surface area contributed by atoms with Gasteiger partial charge in [-0.25, -0.2) is 0 Å². The number of alkyl halides is 3. The predicted molar refractivity (Wildman–Crippen MR) is 51.6 cm³/mol. The molecule has 1 amide bonds. The fraction of sp³-hybridized carbons (Fsp3) is 0.375. The van der Waals surface area contributed by atoms with E-state index in [0.717, 1.165) is 0 Å². The van der Waals surface area contributed by atoms with Crippen LogP contribution in [0.4, 0.5) is 18.9 Å². The molecule has 1 atom stereocenters. The van der Waals surface area contributed by atoms with Gasteiger partial charge in [0.25, 0.3) is 5.91 Å². The van der Waals surface area contributed by atoms with Gasteiger partial charge in [0.05, 0.1) is 5.69 Å². The van der Waals surface area contributed by atoms with Crippen molar-refractivity contribution in [2.45, 2.75) is 18.6 Å². The van der Waals surface area contributed by atoms with Crippen LogP contribution in [0.3, 0.4) is 0 Å². The Morgan fingerprint density at radius 3 is 2.53 bits per heavy atom. The summed E-state index contributed by atoms with van der Waals surface area (Å²) in [6, 6.07) is 1.50. The van der Waals surface area contributed by atoms with Crippen LogP contribution in [0.25, 0.3) is 0 Å². The highest BCUT2D eigenvalue weighted by Gasteiger charge is 2.53. The fourth-order valence-electron chi connectivity index (χ4n) is 0.725. The smallest absolute Gasteiger partial charge is 0.323 e. The SMILES string of the molecule is CC(N)(C(=O)Nc1ccsc1)C(F)(F)F. The molecule has 1 rings (SSSR count). The van der Waals surface area contributed by atoms with Gasteiger partial charge in [-0.2, -0.15) is 24.5 Å². The maximum Gasteiger partial charge on any atom is 0.415 e. The number of rotatable bonds is 2. The van der Waals surface area contributed by atoms with Crippen molar-refractivity contribution in [2.75, 3.05) is 5.32 Å². The molecule has 0 saturated carbocycles. The van der Waals surface area contributed by atoms with E-state index in [1.165, 1.54) is 22.8 Å². The van der Waals surface area contributed by atoms with E-state index >= 15 is 0 Å². The summed E-state index contributed by atoms with van der Waals surface area (Å²) in [5, 5.41) is 5.25. The van der Waals surface area contributed by atoms with E-state index in [-0.39, 0.29) is 0 Å². The standard InChI is InChI=1S/C8H9F3N2OS/c1-7(12,8(9,10)11)6(14)13-5-2-3-15-4-5/h2-4H,12H2,1H3,(H,13,14). The number of halogens is 3. The van der Waals surface area contributed by atoms with Crippen molar-refractivity contribution in [3.05, 3.63) is 16.8 Å². The van der Waals surface area contributed by atoms with E-state index in [0.29, 0.717) is 12.6 Å². The van der Waals surface area contributed by atoms with Crippen LogP contribution in [0, 0.1) is 0 Å². The fourth-order valence-corrected chi connectivity index (χ4v) is 1.31. The first-order chi connectivity index (χ1) is 6.75. The number of anilines is 1. The summed E-state index contributed by atoms with van der Waals surface area (Å²) in [5.74, 6) is -1.27. The first-order valence-electron chi connectivity index (χ1n) is 3.94. The van der Waals surface area contributed by atoms with Crippen LogP contribution in [-0.4, -0.2) is 17.6 Å². The number of hydrogen-bond donors (Lipinski definition) is 2. The van der Waals surface area contributed by atoms with Crippen LogP contribution >= 0.6 is 11.3 Å². The summed E-state index contributed by atoms with van der Waals surface area (Å²) in [6.45, 7) is 0.634. The number of nitrogens with two attached hydrogens (primary N) is 1. The third-order valence-corrected chi connectivity index (χ3v) is 2.52. The van der Waals surface area contributed by atoms with Crippen LogP contribution in [0.15, 0.2) is 16.8 Å². The average Bonchev–Trinajstić information content (AvgIpc) is 2.54. The monoisotopic (exact) mass is 238 g/mol. The lowest BCUT2D eigenvalue weighted by molar-refractivity contribution is -0.184. The van der Waals surface area contributed by atoms with Gasteiger partial charge in [0, 0.05) is 5.38 Å². The normalized spacial score (nSPS) is 15.8. The van der Waals surface area contributed by atoms with Gasteiger partial charge >= 0.3 is 6.18 Å². The van der Waals surface area contributed by atoms with Crippen molar-refractivity contribution < 1.29 is 18.0 Å².